The third-order valence-electron chi connectivity index (χ3n) is 2.96. The lowest BCUT2D eigenvalue weighted by Crippen LogP contribution is -2.43. The molecular formula is C10H18N2O. The van der Waals surface area contributed by atoms with Gasteiger partial charge in [0.2, 0.25) is 5.91 Å². The van der Waals surface area contributed by atoms with Gasteiger partial charge in [0.25, 0.3) is 0 Å². The largest absolute Gasteiger partial charge is 0.327 e. The molecule has 0 saturated carbocycles. The van der Waals surface area contributed by atoms with E-state index in [0.29, 0.717) is 18.5 Å². The zero-order valence-electron chi connectivity index (χ0n) is 8.47. The summed E-state index contributed by atoms with van der Waals surface area (Å²) in [4.78, 5) is 13.7. The van der Waals surface area contributed by atoms with Crippen LogP contribution in [-0.4, -0.2) is 30.1 Å². The Bertz CT molecular complexity index is 219. The first kappa shape index (κ1) is 9.00. The number of amides is 1. The Hall–Kier alpha value is -0.570. The third kappa shape index (κ3) is 1.70. The van der Waals surface area contributed by atoms with E-state index < -0.39 is 0 Å². The van der Waals surface area contributed by atoms with Gasteiger partial charge in [-0.2, -0.15) is 0 Å². The molecule has 2 aliphatic rings. The Morgan fingerprint density at radius 3 is 2.77 bits per heavy atom. The fourth-order valence-electron chi connectivity index (χ4n) is 2.33. The number of nitrogens with zero attached hydrogens (tertiary/aromatic N) is 1. The van der Waals surface area contributed by atoms with Crippen LogP contribution in [-0.2, 0) is 4.79 Å². The predicted octanol–water partition coefficient (Wildman–Crippen LogP) is 0.954. The van der Waals surface area contributed by atoms with Gasteiger partial charge >= 0.3 is 0 Å². The van der Waals surface area contributed by atoms with Crippen molar-refractivity contribution in [3.8, 4) is 0 Å². The molecule has 2 heterocycles. The van der Waals surface area contributed by atoms with Crippen LogP contribution in [0.2, 0.25) is 0 Å². The fraction of sp³-hybridized carbons (Fsp3) is 0.900. The van der Waals surface area contributed by atoms with Crippen molar-refractivity contribution in [1.29, 1.82) is 0 Å². The van der Waals surface area contributed by atoms with Crippen molar-refractivity contribution in [2.24, 2.45) is 5.41 Å². The molecule has 1 atom stereocenters. The number of carbonyl (C=O) groups is 1. The van der Waals surface area contributed by atoms with Crippen LogP contribution in [0.15, 0.2) is 0 Å². The van der Waals surface area contributed by atoms with Crippen molar-refractivity contribution in [2.75, 3.05) is 13.1 Å². The number of nitrogens with one attached hydrogen (secondary N) is 1. The quantitative estimate of drug-likeness (QED) is 0.655. The minimum atomic E-state index is 0.182. The number of hydrogen-bond donors (Lipinski definition) is 1. The summed E-state index contributed by atoms with van der Waals surface area (Å²) >= 11 is 0. The van der Waals surface area contributed by atoms with Crippen molar-refractivity contribution in [2.45, 2.75) is 39.3 Å². The van der Waals surface area contributed by atoms with Gasteiger partial charge in [0.05, 0.1) is 6.17 Å². The van der Waals surface area contributed by atoms with Crippen molar-refractivity contribution < 1.29 is 4.79 Å². The molecule has 0 aromatic rings. The van der Waals surface area contributed by atoms with Gasteiger partial charge in [0.15, 0.2) is 0 Å². The Morgan fingerprint density at radius 1 is 1.54 bits per heavy atom. The number of hydrogen-bond acceptors (Lipinski definition) is 2. The van der Waals surface area contributed by atoms with Gasteiger partial charge in [-0.1, -0.05) is 13.8 Å². The van der Waals surface area contributed by atoms with E-state index >= 15 is 0 Å². The van der Waals surface area contributed by atoms with Gasteiger partial charge in [-0.3, -0.25) is 10.1 Å². The minimum absolute atomic E-state index is 0.182. The summed E-state index contributed by atoms with van der Waals surface area (Å²) in [6.45, 7) is 6.32. The highest BCUT2D eigenvalue weighted by Crippen LogP contribution is 2.32. The van der Waals surface area contributed by atoms with E-state index in [2.05, 4.69) is 19.2 Å². The molecule has 0 aromatic heterocycles. The summed E-state index contributed by atoms with van der Waals surface area (Å²) in [6.07, 6.45) is 3.37. The second kappa shape index (κ2) is 2.98. The zero-order chi connectivity index (χ0) is 9.47. The molecule has 3 nitrogen and oxygen atoms in total. The van der Waals surface area contributed by atoms with Crippen LogP contribution in [0.25, 0.3) is 0 Å². The third-order valence-corrected chi connectivity index (χ3v) is 2.96. The summed E-state index contributed by atoms with van der Waals surface area (Å²) in [6, 6.07) is 0. The molecule has 0 aliphatic carbocycles. The molecule has 1 N–H and O–H groups in total. The minimum Gasteiger partial charge on any atom is -0.327 e. The Balaban J connectivity index is 2.04. The molecule has 2 saturated heterocycles. The number of likely N-dealkylation sites (tertiary alicyclic amines) is 1. The average molecular weight is 182 g/mol. The monoisotopic (exact) mass is 182 g/mol. The lowest BCUT2D eigenvalue weighted by molar-refractivity contribution is -0.130. The second-order valence-electron chi connectivity index (χ2n) is 4.97. The van der Waals surface area contributed by atoms with Gasteiger partial charge in [-0.25, -0.2) is 0 Å². The van der Waals surface area contributed by atoms with Crippen LogP contribution in [0, 0.1) is 5.41 Å². The Labute approximate surface area is 79.5 Å². The number of carbonyl (C=O) groups excluding carboxylic acids is 1. The first-order chi connectivity index (χ1) is 6.08. The zero-order valence-corrected chi connectivity index (χ0v) is 8.47. The highest BCUT2D eigenvalue weighted by Gasteiger charge is 2.39. The molecule has 0 aromatic carbocycles. The normalized spacial score (nSPS) is 32.9. The van der Waals surface area contributed by atoms with Crippen LogP contribution in [0.4, 0.5) is 0 Å². The maximum atomic E-state index is 11.7. The van der Waals surface area contributed by atoms with Gasteiger partial charge in [-0.05, 0) is 24.8 Å². The highest BCUT2D eigenvalue weighted by molar-refractivity contribution is 5.79. The van der Waals surface area contributed by atoms with Crippen LogP contribution < -0.4 is 5.32 Å². The molecule has 0 spiro atoms. The van der Waals surface area contributed by atoms with E-state index in [0.717, 1.165) is 19.5 Å². The predicted molar refractivity (Wildman–Crippen MR) is 51.1 cm³/mol. The molecule has 74 valence electrons. The standard InChI is InChI=1S/C10H18N2O/c1-10(2)6-9(13)12(7-10)8-4-3-5-11-8/h8,11H,3-7H2,1-2H3. The van der Waals surface area contributed by atoms with Gasteiger partial charge in [0.1, 0.15) is 0 Å². The van der Waals surface area contributed by atoms with Gasteiger partial charge in [-0.15, -0.1) is 0 Å². The first-order valence-electron chi connectivity index (χ1n) is 5.11. The molecule has 1 unspecified atom stereocenters. The maximum Gasteiger partial charge on any atom is 0.224 e. The van der Waals surface area contributed by atoms with Crippen molar-refractivity contribution >= 4 is 5.91 Å². The fourth-order valence-corrected chi connectivity index (χ4v) is 2.33. The van der Waals surface area contributed by atoms with Crippen LogP contribution >= 0.6 is 0 Å². The summed E-state index contributed by atoms with van der Waals surface area (Å²) < 4.78 is 0. The van der Waals surface area contributed by atoms with Crippen molar-refractivity contribution in [3.05, 3.63) is 0 Å². The highest BCUT2D eigenvalue weighted by atomic mass is 16.2. The van der Waals surface area contributed by atoms with Crippen LogP contribution in [0.5, 0.6) is 0 Å². The SMILES string of the molecule is CC1(C)CC(=O)N(C2CCCN2)C1. The molecule has 1 amide bonds. The summed E-state index contributed by atoms with van der Waals surface area (Å²) in [5, 5.41) is 3.37. The van der Waals surface area contributed by atoms with E-state index in [9.17, 15) is 4.79 Å². The molecule has 2 aliphatic heterocycles. The lowest BCUT2D eigenvalue weighted by atomic mass is 9.93. The van der Waals surface area contributed by atoms with E-state index in [-0.39, 0.29) is 5.41 Å². The summed E-state index contributed by atoms with van der Waals surface area (Å²) in [5.74, 6) is 0.324. The van der Waals surface area contributed by atoms with Crippen molar-refractivity contribution in [3.63, 3.8) is 0 Å². The molecule has 0 radical (unpaired) electrons. The van der Waals surface area contributed by atoms with E-state index in [4.69, 9.17) is 0 Å². The molecule has 3 heteroatoms. The second-order valence-corrected chi connectivity index (χ2v) is 4.97. The molecule has 13 heavy (non-hydrogen) atoms. The Morgan fingerprint density at radius 2 is 2.31 bits per heavy atom. The topological polar surface area (TPSA) is 32.3 Å². The summed E-state index contributed by atoms with van der Waals surface area (Å²) in [5.41, 5.74) is 0.182. The first-order valence-corrected chi connectivity index (χ1v) is 5.11. The molecular weight excluding hydrogens is 164 g/mol. The number of rotatable bonds is 1. The van der Waals surface area contributed by atoms with Crippen LogP contribution in [0.1, 0.15) is 33.1 Å². The summed E-state index contributed by atoms with van der Waals surface area (Å²) in [7, 11) is 0. The van der Waals surface area contributed by atoms with E-state index in [1.54, 1.807) is 0 Å². The average Bonchev–Trinajstić information content (AvgIpc) is 2.56. The van der Waals surface area contributed by atoms with E-state index in [1.807, 2.05) is 4.90 Å². The van der Waals surface area contributed by atoms with Crippen LogP contribution in [0.3, 0.4) is 0 Å². The van der Waals surface area contributed by atoms with Crippen molar-refractivity contribution in [1.82, 2.24) is 10.2 Å². The van der Waals surface area contributed by atoms with E-state index in [1.165, 1.54) is 6.42 Å². The smallest absolute Gasteiger partial charge is 0.224 e. The lowest BCUT2D eigenvalue weighted by Gasteiger charge is -2.25. The molecule has 0 bridgehead atoms. The maximum absolute atomic E-state index is 11.7. The Kier molecular flexibility index (Phi) is 2.06. The van der Waals surface area contributed by atoms with Gasteiger partial charge < -0.3 is 4.90 Å². The van der Waals surface area contributed by atoms with Gasteiger partial charge in [0, 0.05) is 13.0 Å². The molecule has 2 fully saturated rings. The molecule has 2 rings (SSSR count).